The summed E-state index contributed by atoms with van der Waals surface area (Å²) in [5, 5.41) is 13.1. The van der Waals surface area contributed by atoms with E-state index in [1.807, 2.05) is 12.1 Å². The van der Waals surface area contributed by atoms with Gasteiger partial charge in [-0.2, -0.15) is 0 Å². The first-order chi connectivity index (χ1) is 15.0. The van der Waals surface area contributed by atoms with Crippen LogP contribution < -0.4 is 10.1 Å². The molecular formula is C24H26BrNO5. The highest BCUT2D eigenvalue weighted by Gasteiger charge is 2.26. The van der Waals surface area contributed by atoms with Gasteiger partial charge in [0.05, 0.1) is 11.1 Å². The standard InChI is InChI=1S/C24H26BrNO5/c1-2-30-23(29)13-22(28)26-19-12-18(25)24(17-9-5-8-14(17)19)31-21-11-10-20(27)15-6-3-4-7-16(15)21/h10-12,27H,2-9,13H2,1H3,(H,26,28). The second kappa shape index (κ2) is 9.30. The predicted molar refractivity (Wildman–Crippen MR) is 121 cm³/mol. The summed E-state index contributed by atoms with van der Waals surface area (Å²) in [6, 6.07) is 5.38. The lowest BCUT2D eigenvalue weighted by Crippen LogP contribution is -2.19. The molecule has 6 nitrogen and oxygen atoms in total. The first-order valence-corrected chi connectivity index (χ1v) is 11.6. The van der Waals surface area contributed by atoms with E-state index >= 15 is 0 Å². The summed E-state index contributed by atoms with van der Waals surface area (Å²) in [7, 11) is 0. The molecule has 0 spiro atoms. The van der Waals surface area contributed by atoms with Crippen LogP contribution in [-0.2, 0) is 40.0 Å². The van der Waals surface area contributed by atoms with Crippen LogP contribution in [0.2, 0.25) is 0 Å². The largest absolute Gasteiger partial charge is 0.508 e. The molecule has 2 aliphatic carbocycles. The number of rotatable bonds is 6. The molecule has 0 radical (unpaired) electrons. The molecule has 31 heavy (non-hydrogen) atoms. The van der Waals surface area contributed by atoms with Crippen molar-refractivity contribution in [3.05, 3.63) is 44.9 Å². The SMILES string of the molecule is CCOC(=O)CC(=O)Nc1cc(Br)c(Oc2ccc(O)c3c2CCCC3)c2c1CCC2. The molecule has 7 heteroatoms. The van der Waals surface area contributed by atoms with E-state index in [0.29, 0.717) is 11.4 Å². The van der Waals surface area contributed by atoms with Gasteiger partial charge >= 0.3 is 5.97 Å². The molecule has 2 N–H and O–H groups in total. The molecule has 0 saturated carbocycles. The van der Waals surface area contributed by atoms with Gasteiger partial charge in [-0.15, -0.1) is 0 Å². The van der Waals surface area contributed by atoms with Crippen molar-refractivity contribution in [2.24, 2.45) is 0 Å². The van der Waals surface area contributed by atoms with E-state index < -0.39 is 5.97 Å². The normalized spacial score (nSPS) is 14.5. The molecule has 2 aromatic carbocycles. The summed E-state index contributed by atoms with van der Waals surface area (Å²) in [4.78, 5) is 23.9. The highest BCUT2D eigenvalue weighted by atomic mass is 79.9. The number of esters is 1. The molecule has 0 aromatic heterocycles. The van der Waals surface area contributed by atoms with E-state index in [1.54, 1.807) is 13.0 Å². The summed E-state index contributed by atoms with van der Waals surface area (Å²) in [5.74, 6) is 0.954. The fourth-order valence-corrected chi connectivity index (χ4v) is 5.04. The fraction of sp³-hybridized carbons (Fsp3) is 0.417. The molecule has 0 unspecified atom stereocenters. The monoisotopic (exact) mass is 487 g/mol. The number of phenolic OH excluding ortho intramolecular Hbond substituents is 1. The minimum Gasteiger partial charge on any atom is -0.508 e. The van der Waals surface area contributed by atoms with Gasteiger partial charge in [0.2, 0.25) is 5.91 Å². The van der Waals surface area contributed by atoms with E-state index in [4.69, 9.17) is 9.47 Å². The number of fused-ring (bicyclic) bond motifs is 2. The second-order valence-electron chi connectivity index (χ2n) is 7.92. The average molecular weight is 488 g/mol. The summed E-state index contributed by atoms with van der Waals surface area (Å²) in [6.45, 7) is 1.96. The Hall–Kier alpha value is -2.54. The number of carbonyl (C=O) groups excluding carboxylic acids is 2. The molecule has 0 aliphatic heterocycles. The lowest BCUT2D eigenvalue weighted by molar-refractivity contribution is -0.145. The Morgan fingerprint density at radius 1 is 1.03 bits per heavy atom. The topological polar surface area (TPSA) is 84.9 Å². The molecule has 2 aromatic rings. The number of carbonyl (C=O) groups is 2. The third kappa shape index (κ3) is 4.56. The van der Waals surface area contributed by atoms with Crippen molar-refractivity contribution in [1.29, 1.82) is 0 Å². The maximum absolute atomic E-state index is 12.3. The molecule has 2 aliphatic rings. The van der Waals surface area contributed by atoms with Gasteiger partial charge in [0.1, 0.15) is 23.7 Å². The molecule has 0 saturated heterocycles. The van der Waals surface area contributed by atoms with Gasteiger partial charge in [-0.1, -0.05) is 0 Å². The van der Waals surface area contributed by atoms with Crippen molar-refractivity contribution in [1.82, 2.24) is 0 Å². The van der Waals surface area contributed by atoms with E-state index in [-0.39, 0.29) is 18.9 Å². The summed E-state index contributed by atoms with van der Waals surface area (Å²) < 4.78 is 12.0. The van der Waals surface area contributed by atoms with Crippen molar-refractivity contribution >= 4 is 33.5 Å². The van der Waals surface area contributed by atoms with Crippen LogP contribution in [0.1, 0.15) is 54.9 Å². The number of hydrogen-bond acceptors (Lipinski definition) is 5. The highest BCUT2D eigenvalue weighted by molar-refractivity contribution is 9.10. The van der Waals surface area contributed by atoms with Gasteiger partial charge in [-0.05, 0) is 91.6 Å². The average Bonchev–Trinajstić information content (AvgIpc) is 3.23. The van der Waals surface area contributed by atoms with Crippen molar-refractivity contribution in [2.45, 2.75) is 58.3 Å². The number of amides is 1. The predicted octanol–water partition coefficient (Wildman–Crippen LogP) is 5.21. The fourth-order valence-electron chi connectivity index (χ4n) is 4.50. The number of hydrogen-bond donors (Lipinski definition) is 2. The van der Waals surface area contributed by atoms with E-state index in [9.17, 15) is 14.7 Å². The van der Waals surface area contributed by atoms with E-state index in [0.717, 1.165) is 83.2 Å². The van der Waals surface area contributed by atoms with Gasteiger partial charge in [0.25, 0.3) is 0 Å². The number of benzene rings is 2. The van der Waals surface area contributed by atoms with E-state index in [1.165, 1.54) is 0 Å². The zero-order chi connectivity index (χ0) is 22.0. The third-order valence-electron chi connectivity index (χ3n) is 5.87. The van der Waals surface area contributed by atoms with Crippen molar-refractivity contribution in [3.63, 3.8) is 0 Å². The smallest absolute Gasteiger partial charge is 0.315 e. The molecular weight excluding hydrogens is 462 g/mol. The van der Waals surface area contributed by atoms with Crippen LogP contribution in [0.3, 0.4) is 0 Å². The second-order valence-corrected chi connectivity index (χ2v) is 8.78. The molecule has 0 bridgehead atoms. The van der Waals surface area contributed by atoms with E-state index in [2.05, 4.69) is 21.2 Å². The Kier molecular flexibility index (Phi) is 6.51. The highest BCUT2D eigenvalue weighted by Crippen LogP contribution is 2.45. The molecule has 0 heterocycles. The quantitative estimate of drug-likeness (QED) is 0.431. The van der Waals surface area contributed by atoms with Gasteiger partial charge in [-0.25, -0.2) is 0 Å². The molecule has 0 fully saturated rings. The maximum atomic E-state index is 12.3. The molecule has 164 valence electrons. The minimum atomic E-state index is -0.534. The lowest BCUT2D eigenvalue weighted by atomic mass is 9.90. The Morgan fingerprint density at radius 3 is 2.52 bits per heavy atom. The first kappa shape index (κ1) is 21.7. The van der Waals surface area contributed by atoms with Crippen molar-refractivity contribution < 1.29 is 24.2 Å². The zero-order valence-electron chi connectivity index (χ0n) is 17.6. The van der Waals surface area contributed by atoms with Crippen LogP contribution >= 0.6 is 15.9 Å². The molecule has 0 atom stereocenters. The summed E-state index contributed by atoms with van der Waals surface area (Å²) in [5.41, 5.74) is 4.88. The van der Waals surface area contributed by atoms with Crippen LogP contribution in [0.25, 0.3) is 0 Å². The van der Waals surface area contributed by atoms with Gasteiger partial charge in [-0.3, -0.25) is 9.59 Å². The number of aromatic hydroxyl groups is 1. The number of halogens is 1. The number of anilines is 1. The van der Waals surface area contributed by atoms with Gasteiger partial charge in [0, 0.05) is 22.4 Å². The first-order valence-electron chi connectivity index (χ1n) is 10.8. The third-order valence-corrected chi connectivity index (χ3v) is 6.46. The van der Waals surface area contributed by atoms with Crippen LogP contribution in [0.5, 0.6) is 17.2 Å². The van der Waals surface area contributed by atoms with Crippen molar-refractivity contribution in [2.75, 3.05) is 11.9 Å². The minimum absolute atomic E-state index is 0.250. The molecule has 4 rings (SSSR count). The zero-order valence-corrected chi connectivity index (χ0v) is 19.1. The number of nitrogens with one attached hydrogen (secondary N) is 1. The summed E-state index contributed by atoms with van der Waals surface area (Å²) in [6.07, 6.45) is 6.26. The van der Waals surface area contributed by atoms with Gasteiger partial charge < -0.3 is 19.9 Å². The van der Waals surface area contributed by atoms with Crippen LogP contribution in [0.15, 0.2) is 22.7 Å². The van der Waals surface area contributed by atoms with Crippen molar-refractivity contribution in [3.8, 4) is 17.2 Å². The Bertz CT molecular complexity index is 1030. The Morgan fingerprint density at radius 2 is 1.74 bits per heavy atom. The lowest BCUT2D eigenvalue weighted by Gasteiger charge is -2.22. The Labute approximate surface area is 190 Å². The Balaban J connectivity index is 1.62. The van der Waals surface area contributed by atoms with Crippen LogP contribution in [0.4, 0.5) is 5.69 Å². The van der Waals surface area contributed by atoms with Crippen LogP contribution in [-0.4, -0.2) is 23.6 Å². The number of ether oxygens (including phenoxy) is 2. The van der Waals surface area contributed by atoms with Gasteiger partial charge in [0.15, 0.2) is 0 Å². The molecule has 1 amide bonds. The maximum Gasteiger partial charge on any atom is 0.315 e. The van der Waals surface area contributed by atoms with Crippen LogP contribution in [0, 0.1) is 0 Å². The summed E-state index contributed by atoms with van der Waals surface area (Å²) >= 11 is 3.62. The number of phenols is 1.